The van der Waals surface area contributed by atoms with Crippen LogP contribution in [-0.4, -0.2) is 19.5 Å². The number of halogens is 1. The van der Waals surface area contributed by atoms with Crippen LogP contribution in [0.3, 0.4) is 0 Å². The summed E-state index contributed by atoms with van der Waals surface area (Å²) in [6, 6.07) is 5.83. The lowest BCUT2D eigenvalue weighted by Crippen LogP contribution is -2.03. The second kappa shape index (κ2) is 5.09. The van der Waals surface area contributed by atoms with Gasteiger partial charge in [-0.15, -0.1) is 0 Å². The summed E-state index contributed by atoms with van der Waals surface area (Å²) in [6.45, 7) is 2.71. The predicted octanol–water partition coefficient (Wildman–Crippen LogP) is 2.67. The van der Waals surface area contributed by atoms with E-state index in [0.29, 0.717) is 11.7 Å². The highest BCUT2D eigenvalue weighted by atomic mass is 35.5. The van der Waals surface area contributed by atoms with Gasteiger partial charge in [-0.3, -0.25) is 4.98 Å². The normalized spacial score (nSPS) is 11.1. The van der Waals surface area contributed by atoms with Gasteiger partial charge in [0.15, 0.2) is 0 Å². The molecule has 2 N–H and O–H groups in total. The van der Waals surface area contributed by atoms with Gasteiger partial charge in [-0.2, -0.15) is 4.98 Å². The number of rotatable bonds is 3. The molecule has 0 radical (unpaired) electrons. The molecule has 0 saturated carbocycles. The third kappa shape index (κ3) is 2.20. The lowest BCUT2D eigenvalue weighted by molar-refractivity contribution is 0.793. The van der Waals surface area contributed by atoms with Gasteiger partial charge in [0.25, 0.3) is 0 Å². The minimum atomic E-state index is 0.186. The molecule has 0 aliphatic carbocycles. The molecule has 0 amide bonds. The molecule has 3 heterocycles. The maximum atomic E-state index is 6.20. The Labute approximate surface area is 121 Å². The molecule has 20 heavy (non-hydrogen) atoms. The Morgan fingerprint density at radius 2 is 2.15 bits per heavy atom. The van der Waals surface area contributed by atoms with Crippen LogP contribution in [0.25, 0.3) is 11.0 Å². The molecular weight excluding hydrogens is 274 g/mol. The highest BCUT2D eigenvalue weighted by molar-refractivity contribution is 6.34. The lowest BCUT2D eigenvalue weighted by Gasteiger charge is -2.04. The summed E-state index contributed by atoms with van der Waals surface area (Å²) in [5.41, 5.74) is 8.53. The van der Waals surface area contributed by atoms with Gasteiger partial charge in [0.2, 0.25) is 5.95 Å². The molecule has 5 nitrogen and oxygen atoms in total. The van der Waals surface area contributed by atoms with Crippen molar-refractivity contribution in [1.82, 2.24) is 19.5 Å². The molecule has 0 aliphatic rings. The van der Waals surface area contributed by atoms with Crippen LogP contribution in [0, 0.1) is 0 Å². The number of nitrogens with zero attached hydrogens (tertiary/aromatic N) is 4. The Kier molecular flexibility index (Phi) is 3.28. The molecule has 3 aromatic heterocycles. The second-order valence-corrected chi connectivity index (χ2v) is 4.89. The van der Waals surface area contributed by atoms with Gasteiger partial charge in [0.05, 0.1) is 17.6 Å². The fourth-order valence-corrected chi connectivity index (χ4v) is 2.58. The number of aryl methyl sites for hydroxylation is 1. The van der Waals surface area contributed by atoms with Gasteiger partial charge < -0.3 is 10.3 Å². The van der Waals surface area contributed by atoms with Gasteiger partial charge in [0.1, 0.15) is 10.8 Å². The van der Waals surface area contributed by atoms with Crippen molar-refractivity contribution >= 4 is 28.6 Å². The van der Waals surface area contributed by atoms with Crippen LogP contribution in [0.4, 0.5) is 5.95 Å². The van der Waals surface area contributed by atoms with Crippen LogP contribution in [0.2, 0.25) is 5.15 Å². The fraction of sp³-hybridized carbons (Fsp3) is 0.214. The zero-order valence-electron chi connectivity index (χ0n) is 11.0. The van der Waals surface area contributed by atoms with Crippen molar-refractivity contribution in [1.29, 1.82) is 0 Å². The van der Waals surface area contributed by atoms with E-state index in [4.69, 9.17) is 17.3 Å². The van der Waals surface area contributed by atoms with Crippen molar-refractivity contribution in [2.45, 2.75) is 19.9 Å². The number of fused-ring (bicyclic) bond motifs is 1. The molecule has 0 bridgehead atoms. The van der Waals surface area contributed by atoms with Crippen LogP contribution in [-0.2, 0) is 13.0 Å². The standard InChI is InChI=1S/C14H14ClN5/c1-2-9-7-20(8-10-5-3-4-6-17-10)13-11(9)12(15)18-14(16)19-13/h3-7H,2,8H2,1H3,(H2,16,18,19). The van der Waals surface area contributed by atoms with Crippen molar-refractivity contribution < 1.29 is 0 Å². The van der Waals surface area contributed by atoms with E-state index >= 15 is 0 Å². The topological polar surface area (TPSA) is 69.6 Å². The van der Waals surface area contributed by atoms with E-state index < -0.39 is 0 Å². The first-order valence-corrected chi connectivity index (χ1v) is 6.77. The minimum Gasteiger partial charge on any atom is -0.368 e. The highest BCUT2D eigenvalue weighted by Crippen LogP contribution is 2.27. The summed E-state index contributed by atoms with van der Waals surface area (Å²) in [5, 5.41) is 1.28. The lowest BCUT2D eigenvalue weighted by atomic mass is 10.2. The van der Waals surface area contributed by atoms with Crippen LogP contribution >= 0.6 is 11.6 Å². The quantitative estimate of drug-likeness (QED) is 0.752. The molecule has 102 valence electrons. The molecule has 0 aliphatic heterocycles. The Morgan fingerprint density at radius 3 is 2.85 bits per heavy atom. The zero-order valence-corrected chi connectivity index (χ0v) is 11.8. The first-order valence-electron chi connectivity index (χ1n) is 6.39. The summed E-state index contributed by atoms with van der Waals surface area (Å²) >= 11 is 6.20. The Bertz CT molecular complexity index is 751. The second-order valence-electron chi connectivity index (χ2n) is 4.53. The van der Waals surface area contributed by atoms with Gasteiger partial charge in [0, 0.05) is 12.4 Å². The molecule has 3 aromatic rings. The molecule has 0 unspecified atom stereocenters. The highest BCUT2D eigenvalue weighted by Gasteiger charge is 2.14. The van der Waals surface area contributed by atoms with Crippen molar-refractivity contribution in [3.63, 3.8) is 0 Å². The number of anilines is 1. The molecule has 0 fully saturated rings. The van der Waals surface area contributed by atoms with Crippen LogP contribution in [0.1, 0.15) is 18.2 Å². The predicted molar refractivity (Wildman–Crippen MR) is 79.7 cm³/mol. The molecule has 6 heteroatoms. The number of nitrogens with two attached hydrogens (primary N) is 1. The first kappa shape index (κ1) is 12.9. The summed E-state index contributed by atoms with van der Waals surface area (Å²) < 4.78 is 2.01. The molecule has 0 spiro atoms. The molecule has 0 atom stereocenters. The number of hydrogen-bond acceptors (Lipinski definition) is 4. The molecule has 0 aromatic carbocycles. The maximum Gasteiger partial charge on any atom is 0.223 e. The number of aromatic nitrogens is 4. The Hall–Kier alpha value is -2.14. The molecule has 3 rings (SSSR count). The smallest absolute Gasteiger partial charge is 0.223 e. The summed E-state index contributed by atoms with van der Waals surface area (Å²) in [6.07, 6.45) is 4.68. The minimum absolute atomic E-state index is 0.186. The van der Waals surface area contributed by atoms with Gasteiger partial charge in [-0.1, -0.05) is 24.6 Å². The Balaban J connectivity index is 2.16. The summed E-state index contributed by atoms with van der Waals surface area (Å²) in [4.78, 5) is 12.7. The summed E-state index contributed by atoms with van der Waals surface area (Å²) in [7, 11) is 0. The zero-order chi connectivity index (χ0) is 14.1. The largest absolute Gasteiger partial charge is 0.368 e. The van der Waals surface area contributed by atoms with Crippen molar-refractivity contribution in [3.8, 4) is 0 Å². The van der Waals surface area contributed by atoms with Crippen molar-refractivity contribution in [2.75, 3.05) is 5.73 Å². The Morgan fingerprint density at radius 1 is 1.30 bits per heavy atom. The van der Waals surface area contributed by atoms with E-state index in [9.17, 15) is 0 Å². The third-order valence-corrected chi connectivity index (χ3v) is 3.48. The van der Waals surface area contributed by atoms with E-state index in [1.54, 1.807) is 6.20 Å². The molecule has 0 saturated heterocycles. The number of pyridine rings is 1. The van der Waals surface area contributed by atoms with Gasteiger partial charge in [-0.05, 0) is 24.1 Å². The average molecular weight is 288 g/mol. The van der Waals surface area contributed by atoms with Gasteiger partial charge in [-0.25, -0.2) is 4.98 Å². The van der Waals surface area contributed by atoms with Crippen LogP contribution in [0.15, 0.2) is 30.6 Å². The van der Waals surface area contributed by atoms with Crippen LogP contribution < -0.4 is 5.73 Å². The van der Waals surface area contributed by atoms with E-state index in [1.165, 1.54) is 0 Å². The average Bonchev–Trinajstić information content (AvgIpc) is 2.78. The maximum absolute atomic E-state index is 6.20. The first-order chi connectivity index (χ1) is 9.69. The number of nitrogen functional groups attached to an aromatic ring is 1. The van der Waals surface area contributed by atoms with E-state index in [2.05, 4.69) is 21.9 Å². The third-order valence-electron chi connectivity index (χ3n) is 3.21. The fourth-order valence-electron chi connectivity index (χ4n) is 2.29. The monoisotopic (exact) mass is 287 g/mol. The van der Waals surface area contributed by atoms with E-state index in [1.807, 2.05) is 29.0 Å². The number of hydrogen-bond donors (Lipinski definition) is 1. The molecular formula is C14H14ClN5. The van der Waals surface area contributed by atoms with Gasteiger partial charge >= 0.3 is 0 Å². The van der Waals surface area contributed by atoms with E-state index in [-0.39, 0.29) is 5.95 Å². The van der Waals surface area contributed by atoms with Crippen molar-refractivity contribution in [3.05, 3.63) is 47.0 Å². The summed E-state index contributed by atoms with van der Waals surface area (Å²) in [5.74, 6) is 0.186. The van der Waals surface area contributed by atoms with Crippen molar-refractivity contribution in [2.24, 2.45) is 0 Å². The van der Waals surface area contributed by atoms with E-state index in [0.717, 1.165) is 28.7 Å². The SMILES string of the molecule is CCc1cn(Cc2ccccn2)c2nc(N)nc(Cl)c12. The van der Waals surface area contributed by atoms with Crippen LogP contribution in [0.5, 0.6) is 0 Å².